The molecule has 0 spiro atoms. The Hall–Kier alpha value is -1.75. The van der Waals surface area contributed by atoms with Gasteiger partial charge in [0.25, 0.3) is 0 Å². The second kappa shape index (κ2) is 7.49. The summed E-state index contributed by atoms with van der Waals surface area (Å²) < 4.78 is 0. The molecular weight excluding hydrogens is 298 g/mol. The van der Waals surface area contributed by atoms with Crippen molar-refractivity contribution in [3.05, 3.63) is 29.8 Å². The number of benzene rings is 1. The van der Waals surface area contributed by atoms with Crippen molar-refractivity contribution in [2.24, 2.45) is 21.5 Å². The lowest BCUT2D eigenvalue weighted by atomic mass is 10.1. The summed E-state index contributed by atoms with van der Waals surface area (Å²) in [7, 11) is 0. The van der Waals surface area contributed by atoms with Gasteiger partial charge in [-0.1, -0.05) is 31.9 Å². The molecule has 6 heteroatoms. The van der Waals surface area contributed by atoms with Gasteiger partial charge >= 0.3 is 0 Å². The Morgan fingerprint density at radius 1 is 1.09 bits per heavy atom. The smallest absolute Gasteiger partial charge is 0.220 e. The molecule has 0 saturated heterocycles. The first kappa shape index (κ1) is 18.3. The molecule has 22 heavy (non-hydrogen) atoms. The summed E-state index contributed by atoms with van der Waals surface area (Å²) in [5, 5.41) is 0. The Morgan fingerprint density at radius 3 is 2.27 bits per heavy atom. The van der Waals surface area contributed by atoms with Crippen molar-refractivity contribution in [3.63, 3.8) is 0 Å². The number of anilines is 1. The number of hydrogen-bond acceptors (Lipinski definition) is 5. The maximum atomic E-state index is 6.03. The normalized spacial score (nSPS) is 16.6. The Bertz CT molecular complexity index is 548. The third-order valence-corrected chi connectivity index (χ3v) is 3.66. The average Bonchev–Trinajstić information content (AvgIpc) is 2.38. The number of hydrogen-bond donors (Lipinski definition) is 2. The summed E-state index contributed by atoms with van der Waals surface area (Å²) in [5.74, 6) is 0.608. The van der Waals surface area contributed by atoms with Crippen molar-refractivity contribution in [2.75, 3.05) is 4.90 Å². The highest BCUT2D eigenvalue weighted by Gasteiger charge is 2.32. The van der Waals surface area contributed by atoms with E-state index in [-0.39, 0.29) is 18.4 Å². The standard InChI is InChI=1S/C16H25N5.ClH/c1-4-5-6-7-12-8-10-13(11-9-12)21-15(18)19-14(17)20-16(21,2)3;/h8-11H,4-7H2,1-3H3,(H4,17,18,19,20);1H. The van der Waals surface area contributed by atoms with E-state index >= 15 is 0 Å². The van der Waals surface area contributed by atoms with Crippen LogP contribution in [0.25, 0.3) is 0 Å². The van der Waals surface area contributed by atoms with Crippen LogP contribution in [0.2, 0.25) is 0 Å². The van der Waals surface area contributed by atoms with Gasteiger partial charge in [0.1, 0.15) is 5.66 Å². The van der Waals surface area contributed by atoms with E-state index in [2.05, 4.69) is 41.2 Å². The molecule has 1 aromatic carbocycles. The van der Waals surface area contributed by atoms with Crippen molar-refractivity contribution in [2.45, 2.75) is 52.1 Å². The topological polar surface area (TPSA) is 80.0 Å². The first-order valence-electron chi connectivity index (χ1n) is 7.52. The van der Waals surface area contributed by atoms with E-state index in [1.54, 1.807) is 0 Å². The fourth-order valence-corrected chi connectivity index (χ4v) is 2.64. The average molecular weight is 324 g/mol. The fourth-order valence-electron chi connectivity index (χ4n) is 2.64. The van der Waals surface area contributed by atoms with Crippen molar-refractivity contribution in [1.82, 2.24) is 0 Å². The van der Waals surface area contributed by atoms with Gasteiger partial charge < -0.3 is 11.5 Å². The molecule has 2 rings (SSSR count). The van der Waals surface area contributed by atoms with Crippen LogP contribution in [0.15, 0.2) is 34.3 Å². The largest absolute Gasteiger partial charge is 0.369 e. The van der Waals surface area contributed by atoms with E-state index in [1.807, 2.05) is 18.7 Å². The third kappa shape index (κ3) is 4.13. The van der Waals surface area contributed by atoms with Gasteiger partial charge in [0.15, 0.2) is 0 Å². The van der Waals surface area contributed by atoms with Gasteiger partial charge in [-0.15, -0.1) is 12.4 Å². The molecule has 0 bridgehead atoms. The van der Waals surface area contributed by atoms with Crippen LogP contribution in [0.3, 0.4) is 0 Å². The number of halogens is 1. The number of nitrogens with two attached hydrogens (primary N) is 2. The molecule has 4 N–H and O–H groups in total. The van der Waals surface area contributed by atoms with E-state index in [9.17, 15) is 0 Å². The molecule has 0 amide bonds. The van der Waals surface area contributed by atoms with Gasteiger partial charge in [0, 0.05) is 5.69 Å². The molecule has 0 radical (unpaired) electrons. The highest BCUT2D eigenvalue weighted by atomic mass is 35.5. The Kier molecular flexibility index (Phi) is 6.23. The predicted octanol–water partition coefficient (Wildman–Crippen LogP) is 3.03. The SMILES string of the molecule is CCCCCc1ccc(N2C(N)=NC(N)=NC2(C)C)cc1.Cl. The number of guanidine groups is 2. The summed E-state index contributed by atoms with van der Waals surface area (Å²) in [6.07, 6.45) is 4.86. The number of aryl methyl sites for hydroxylation is 1. The number of aliphatic imine (C=N–C) groups is 2. The number of rotatable bonds is 5. The molecule has 1 aromatic rings. The van der Waals surface area contributed by atoms with E-state index in [0.717, 1.165) is 12.1 Å². The van der Waals surface area contributed by atoms with Gasteiger partial charge in [-0.05, 0) is 44.4 Å². The lowest BCUT2D eigenvalue weighted by Crippen LogP contribution is -2.54. The zero-order chi connectivity index (χ0) is 15.5. The monoisotopic (exact) mass is 323 g/mol. The molecule has 0 saturated carbocycles. The van der Waals surface area contributed by atoms with Crippen molar-refractivity contribution in [3.8, 4) is 0 Å². The van der Waals surface area contributed by atoms with Crippen LogP contribution in [0.5, 0.6) is 0 Å². The molecule has 5 nitrogen and oxygen atoms in total. The molecule has 122 valence electrons. The van der Waals surface area contributed by atoms with Crippen LogP contribution in [0.1, 0.15) is 45.6 Å². The molecule has 0 aliphatic carbocycles. The van der Waals surface area contributed by atoms with Gasteiger partial charge in [0.05, 0.1) is 0 Å². The zero-order valence-electron chi connectivity index (χ0n) is 13.5. The Balaban J connectivity index is 0.00000242. The van der Waals surface area contributed by atoms with Gasteiger partial charge in [0.2, 0.25) is 11.9 Å². The van der Waals surface area contributed by atoms with E-state index < -0.39 is 5.66 Å². The zero-order valence-corrected chi connectivity index (χ0v) is 14.4. The van der Waals surface area contributed by atoms with Crippen LogP contribution >= 0.6 is 12.4 Å². The molecule has 0 aromatic heterocycles. The minimum Gasteiger partial charge on any atom is -0.369 e. The summed E-state index contributed by atoms with van der Waals surface area (Å²) in [5.41, 5.74) is 13.5. The van der Waals surface area contributed by atoms with Gasteiger partial charge in [-0.2, -0.15) is 4.99 Å². The summed E-state index contributed by atoms with van der Waals surface area (Å²) in [6, 6.07) is 8.44. The van der Waals surface area contributed by atoms with Crippen LogP contribution in [0, 0.1) is 0 Å². The van der Waals surface area contributed by atoms with Gasteiger partial charge in [-0.25, -0.2) is 4.99 Å². The maximum Gasteiger partial charge on any atom is 0.220 e. The van der Waals surface area contributed by atoms with E-state index in [0.29, 0.717) is 5.96 Å². The Morgan fingerprint density at radius 2 is 1.73 bits per heavy atom. The minimum atomic E-state index is -0.528. The number of unbranched alkanes of at least 4 members (excludes halogenated alkanes) is 2. The maximum absolute atomic E-state index is 6.03. The minimum absolute atomic E-state index is 0. The molecule has 0 atom stereocenters. The van der Waals surface area contributed by atoms with Crippen LogP contribution < -0.4 is 16.4 Å². The molecular formula is C16H26ClN5. The summed E-state index contributed by atoms with van der Waals surface area (Å²) in [6.45, 7) is 6.16. The fraction of sp³-hybridized carbons (Fsp3) is 0.500. The lowest BCUT2D eigenvalue weighted by Gasteiger charge is -2.38. The molecule has 1 aliphatic rings. The Labute approximate surface area is 138 Å². The third-order valence-electron chi connectivity index (χ3n) is 3.66. The van der Waals surface area contributed by atoms with Crippen LogP contribution in [-0.4, -0.2) is 17.6 Å². The second-order valence-electron chi connectivity index (χ2n) is 5.89. The van der Waals surface area contributed by atoms with Crippen molar-refractivity contribution < 1.29 is 0 Å². The first-order valence-corrected chi connectivity index (χ1v) is 7.52. The highest BCUT2D eigenvalue weighted by Crippen LogP contribution is 2.27. The first-order chi connectivity index (χ1) is 9.94. The van der Waals surface area contributed by atoms with Crippen LogP contribution in [-0.2, 0) is 6.42 Å². The summed E-state index contributed by atoms with van der Waals surface area (Å²) in [4.78, 5) is 10.3. The van der Waals surface area contributed by atoms with Crippen molar-refractivity contribution in [1.29, 1.82) is 0 Å². The molecule has 0 fully saturated rings. The lowest BCUT2D eigenvalue weighted by molar-refractivity contribution is 0.534. The molecule has 1 aliphatic heterocycles. The van der Waals surface area contributed by atoms with E-state index in [1.165, 1.54) is 24.8 Å². The number of nitrogens with zero attached hydrogens (tertiary/aromatic N) is 3. The molecule has 0 unspecified atom stereocenters. The highest BCUT2D eigenvalue weighted by molar-refractivity contribution is 6.05. The van der Waals surface area contributed by atoms with E-state index in [4.69, 9.17) is 11.5 Å². The van der Waals surface area contributed by atoms with Gasteiger partial charge in [-0.3, -0.25) is 4.90 Å². The quantitative estimate of drug-likeness (QED) is 0.817. The van der Waals surface area contributed by atoms with Crippen molar-refractivity contribution >= 4 is 30.0 Å². The second-order valence-corrected chi connectivity index (χ2v) is 5.89. The predicted molar refractivity (Wildman–Crippen MR) is 96.7 cm³/mol. The van der Waals surface area contributed by atoms with Crippen LogP contribution in [0.4, 0.5) is 5.69 Å². The summed E-state index contributed by atoms with van der Waals surface area (Å²) >= 11 is 0. The molecule has 1 heterocycles.